The Morgan fingerprint density at radius 1 is 1.19 bits per heavy atom. The molecule has 2 unspecified atom stereocenters. The van der Waals surface area contributed by atoms with E-state index in [1.54, 1.807) is 16.2 Å². The number of allylic oxidation sites excluding steroid dienone is 5. The summed E-state index contributed by atoms with van der Waals surface area (Å²) in [5, 5.41) is 5.55. The zero-order valence-corrected chi connectivity index (χ0v) is 17.1. The molecule has 2 aliphatic carbocycles. The van der Waals surface area contributed by atoms with Gasteiger partial charge in [0.25, 0.3) is 0 Å². The largest absolute Gasteiger partial charge is 0.252 e. The predicted molar refractivity (Wildman–Crippen MR) is 114 cm³/mol. The molecule has 3 atom stereocenters. The van der Waals surface area contributed by atoms with Gasteiger partial charge >= 0.3 is 0 Å². The lowest BCUT2D eigenvalue weighted by atomic mass is 9.90. The van der Waals surface area contributed by atoms with Crippen LogP contribution < -0.4 is 0 Å². The van der Waals surface area contributed by atoms with Crippen molar-refractivity contribution in [3.8, 4) is 0 Å². The number of unbranched alkanes of at least 4 members (excludes halogenated alkanes) is 2. The highest BCUT2D eigenvalue weighted by atomic mass is 15.5. The van der Waals surface area contributed by atoms with Crippen molar-refractivity contribution in [2.24, 2.45) is 27.8 Å². The molecule has 144 valence electrons. The van der Waals surface area contributed by atoms with E-state index in [0.29, 0.717) is 0 Å². The van der Waals surface area contributed by atoms with Crippen LogP contribution in [0, 0.1) is 17.8 Å². The lowest BCUT2D eigenvalue weighted by molar-refractivity contribution is 0.441. The van der Waals surface area contributed by atoms with E-state index >= 15 is 0 Å². The molecule has 0 aromatic rings. The lowest BCUT2D eigenvalue weighted by Crippen LogP contribution is -2.07. The van der Waals surface area contributed by atoms with E-state index in [9.17, 15) is 0 Å². The lowest BCUT2D eigenvalue weighted by Gasteiger charge is -2.15. The zero-order chi connectivity index (χ0) is 18.9. The van der Waals surface area contributed by atoms with E-state index in [1.807, 2.05) is 7.05 Å². The Labute approximate surface area is 160 Å². The first-order chi connectivity index (χ1) is 12.5. The molecule has 3 nitrogen and oxygen atoms in total. The number of hydrazone groups is 1. The molecule has 0 aromatic heterocycles. The van der Waals surface area contributed by atoms with Crippen molar-refractivity contribution in [1.82, 2.24) is 5.01 Å². The maximum absolute atomic E-state index is 4.02. The summed E-state index contributed by atoms with van der Waals surface area (Å²) in [6.07, 6.45) is 18.8. The van der Waals surface area contributed by atoms with Crippen LogP contribution in [0.2, 0.25) is 0 Å². The molecule has 2 rings (SSSR count). The second kappa shape index (κ2) is 10.5. The molecule has 26 heavy (non-hydrogen) atoms. The third-order valence-corrected chi connectivity index (χ3v) is 5.95. The van der Waals surface area contributed by atoms with Crippen molar-refractivity contribution in [3.05, 3.63) is 35.2 Å². The normalized spacial score (nSPS) is 28.7. The Hall–Kier alpha value is -1.64. The van der Waals surface area contributed by atoms with Gasteiger partial charge in [-0.1, -0.05) is 38.8 Å². The second-order valence-electron chi connectivity index (χ2n) is 8.09. The SMILES string of the molecule is C=N/C(=C\CCCCC1C=C2/C(=C\[C@H](C)CCC1)CCC2C)N(C)N=C. The summed E-state index contributed by atoms with van der Waals surface area (Å²) in [7, 11) is 1.85. The van der Waals surface area contributed by atoms with Crippen LogP contribution in [0.3, 0.4) is 0 Å². The van der Waals surface area contributed by atoms with Crippen LogP contribution in [-0.2, 0) is 0 Å². The number of nitrogens with zero attached hydrogens (tertiary/aromatic N) is 3. The number of rotatable bonds is 8. The van der Waals surface area contributed by atoms with E-state index < -0.39 is 0 Å². The fourth-order valence-electron chi connectivity index (χ4n) is 4.29. The molecule has 3 heteroatoms. The molecule has 0 N–H and O–H groups in total. The van der Waals surface area contributed by atoms with Gasteiger partial charge in [0.2, 0.25) is 0 Å². The molecule has 0 saturated heterocycles. The van der Waals surface area contributed by atoms with Gasteiger partial charge in [-0.05, 0) is 86.6 Å². The molecule has 0 radical (unpaired) electrons. The average molecular weight is 356 g/mol. The Bertz CT molecular complexity index is 570. The van der Waals surface area contributed by atoms with Crippen LogP contribution >= 0.6 is 0 Å². The van der Waals surface area contributed by atoms with E-state index in [2.05, 4.69) is 55.6 Å². The van der Waals surface area contributed by atoms with Gasteiger partial charge in [-0.2, -0.15) is 5.10 Å². The van der Waals surface area contributed by atoms with E-state index in [4.69, 9.17) is 0 Å². The maximum Gasteiger partial charge on any atom is 0.143 e. The summed E-state index contributed by atoms with van der Waals surface area (Å²) in [5.41, 5.74) is 3.32. The van der Waals surface area contributed by atoms with Crippen molar-refractivity contribution in [1.29, 1.82) is 0 Å². The first-order valence-corrected chi connectivity index (χ1v) is 10.3. The summed E-state index contributed by atoms with van der Waals surface area (Å²) in [5.74, 6) is 3.04. The van der Waals surface area contributed by atoms with Gasteiger partial charge in [0.1, 0.15) is 5.82 Å². The molecule has 1 fully saturated rings. The third kappa shape index (κ3) is 5.96. The summed E-state index contributed by atoms with van der Waals surface area (Å²) >= 11 is 0. The van der Waals surface area contributed by atoms with E-state index in [1.165, 1.54) is 51.4 Å². The number of hydrogen-bond acceptors (Lipinski definition) is 3. The average Bonchev–Trinajstić information content (AvgIpc) is 2.99. The minimum absolute atomic E-state index is 0.739. The van der Waals surface area contributed by atoms with Gasteiger partial charge in [-0.25, -0.2) is 4.99 Å². The molecule has 0 aliphatic heterocycles. The molecule has 0 heterocycles. The number of hydrogen-bond donors (Lipinski definition) is 0. The first-order valence-electron chi connectivity index (χ1n) is 10.3. The highest BCUT2D eigenvalue weighted by molar-refractivity contribution is 5.38. The van der Waals surface area contributed by atoms with Crippen LogP contribution in [0.4, 0.5) is 0 Å². The fourth-order valence-corrected chi connectivity index (χ4v) is 4.29. The van der Waals surface area contributed by atoms with Gasteiger partial charge in [-0.15, -0.1) is 0 Å². The molecule has 2 aliphatic rings. The predicted octanol–water partition coefficient (Wildman–Crippen LogP) is 6.36. The van der Waals surface area contributed by atoms with E-state index in [0.717, 1.165) is 30.0 Å². The monoisotopic (exact) mass is 355 g/mol. The topological polar surface area (TPSA) is 28.0 Å². The van der Waals surface area contributed by atoms with Crippen LogP contribution in [0.5, 0.6) is 0 Å². The van der Waals surface area contributed by atoms with Crippen LogP contribution in [0.1, 0.15) is 71.6 Å². The van der Waals surface area contributed by atoms with Gasteiger partial charge in [0, 0.05) is 13.8 Å². The Morgan fingerprint density at radius 3 is 2.73 bits per heavy atom. The van der Waals surface area contributed by atoms with E-state index in [-0.39, 0.29) is 0 Å². The Morgan fingerprint density at radius 2 is 2.00 bits per heavy atom. The van der Waals surface area contributed by atoms with Gasteiger partial charge in [0.15, 0.2) is 0 Å². The first kappa shape index (κ1) is 20.7. The van der Waals surface area contributed by atoms with Crippen LogP contribution in [0.15, 0.2) is 45.3 Å². The smallest absolute Gasteiger partial charge is 0.143 e. The summed E-state index contributed by atoms with van der Waals surface area (Å²) < 4.78 is 0. The van der Waals surface area contributed by atoms with Crippen LogP contribution in [0.25, 0.3) is 0 Å². The molecule has 1 saturated carbocycles. The van der Waals surface area contributed by atoms with Gasteiger partial charge < -0.3 is 0 Å². The molecule has 0 aromatic carbocycles. The summed E-state index contributed by atoms with van der Waals surface area (Å²) in [4.78, 5) is 4.02. The van der Waals surface area contributed by atoms with Crippen molar-refractivity contribution in [2.45, 2.75) is 71.6 Å². The number of aliphatic imine (C=N–C) groups is 1. The summed E-state index contributed by atoms with van der Waals surface area (Å²) in [6.45, 7) is 11.9. The zero-order valence-electron chi connectivity index (χ0n) is 17.1. The third-order valence-electron chi connectivity index (χ3n) is 5.95. The Balaban J connectivity index is 1.89. The number of fused-ring (bicyclic) bond motifs is 1. The fraction of sp³-hybridized carbons (Fsp3) is 0.652. The highest BCUT2D eigenvalue weighted by Gasteiger charge is 2.24. The maximum atomic E-state index is 4.02. The van der Waals surface area contributed by atoms with Crippen molar-refractivity contribution in [2.75, 3.05) is 7.05 Å². The standard InChI is InChI=1S/C23H37N3/c1-18-10-9-12-20(17-22-19(2)14-15-21(22)16-18)11-7-6-8-13-23(24-3)26(5)25-4/h13,16-20H,3-4,6-12,14-15H2,1-2,5H3/b21-16-,22-17?,23-13+/t18-,19?,20?/m1/s1. The molecular weight excluding hydrogens is 318 g/mol. The molecule has 0 amide bonds. The second-order valence-corrected chi connectivity index (χ2v) is 8.09. The minimum Gasteiger partial charge on any atom is -0.252 e. The molecular formula is C23H37N3. The quantitative estimate of drug-likeness (QED) is 0.283. The molecule has 0 bridgehead atoms. The highest BCUT2D eigenvalue weighted by Crippen LogP contribution is 2.39. The Kier molecular flexibility index (Phi) is 8.34. The van der Waals surface area contributed by atoms with Crippen LogP contribution in [-0.4, -0.2) is 25.5 Å². The van der Waals surface area contributed by atoms with Crippen molar-refractivity contribution >= 4 is 13.4 Å². The summed E-state index contributed by atoms with van der Waals surface area (Å²) in [6, 6.07) is 0. The minimum atomic E-state index is 0.739. The molecule has 0 spiro atoms. The van der Waals surface area contributed by atoms with Gasteiger partial charge in [-0.3, -0.25) is 5.01 Å². The van der Waals surface area contributed by atoms with Crippen molar-refractivity contribution < 1.29 is 0 Å². The van der Waals surface area contributed by atoms with Crippen molar-refractivity contribution in [3.63, 3.8) is 0 Å². The van der Waals surface area contributed by atoms with Gasteiger partial charge in [0.05, 0.1) is 0 Å².